The van der Waals surface area contributed by atoms with Gasteiger partial charge in [-0.2, -0.15) is 0 Å². The van der Waals surface area contributed by atoms with E-state index in [9.17, 15) is 36.9 Å². The molecule has 1 unspecified atom stereocenters. The molecule has 0 radical (unpaired) electrons. The number of hydrogen-bond donors (Lipinski definition) is 0. The van der Waals surface area contributed by atoms with Crippen molar-refractivity contribution in [1.29, 1.82) is 0 Å². The predicted molar refractivity (Wildman–Crippen MR) is 120 cm³/mol. The number of sulfone groups is 1. The summed E-state index contributed by atoms with van der Waals surface area (Å²) in [5.41, 5.74) is -0.499. The molecule has 35 heavy (non-hydrogen) atoms. The molecule has 1 spiro atoms. The molecule has 0 aliphatic carbocycles. The first kappa shape index (κ1) is 22.6. The number of nitro groups is 1. The van der Waals surface area contributed by atoms with Crippen LogP contribution in [-0.4, -0.2) is 30.9 Å². The number of fused-ring (bicyclic) bond motifs is 2. The molecule has 178 valence electrons. The van der Waals surface area contributed by atoms with E-state index in [1.807, 2.05) is 0 Å². The lowest BCUT2D eigenvalue weighted by molar-refractivity contribution is -0.384. The molecule has 0 aromatic heterocycles. The zero-order chi connectivity index (χ0) is 25.1. The molecule has 1 saturated heterocycles. The Labute approximate surface area is 197 Å². The van der Waals surface area contributed by atoms with Gasteiger partial charge >= 0.3 is 0 Å². The Morgan fingerprint density at radius 1 is 0.971 bits per heavy atom. The van der Waals surface area contributed by atoms with Crippen LogP contribution in [0.1, 0.15) is 11.1 Å². The van der Waals surface area contributed by atoms with Crippen LogP contribution >= 0.6 is 0 Å². The van der Waals surface area contributed by atoms with Gasteiger partial charge in [0.15, 0.2) is 21.5 Å². The second-order valence-corrected chi connectivity index (χ2v) is 10.2. The highest BCUT2D eigenvalue weighted by Crippen LogP contribution is 2.53. The quantitative estimate of drug-likeness (QED) is 0.402. The van der Waals surface area contributed by atoms with Crippen LogP contribution in [0.15, 0.2) is 66.7 Å². The van der Waals surface area contributed by atoms with Crippen LogP contribution in [-0.2, 0) is 30.8 Å². The average Bonchev–Trinajstić information content (AvgIpc) is 3.18. The van der Waals surface area contributed by atoms with E-state index in [1.165, 1.54) is 6.07 Å². The summed E-state index contributed by atoms with van der Waals surface area (Å²) in [6, 6.07) is 14.2. The van der Waals surface area contributed by atoms with Gasteiger partial charge in [0.05, 0.1) is 17.2 Å². The number of anilines is 2. The molecule has 3 aromatic rings. The van der Waals surface area contributed by atoms with E-state index in [1.54, 1.807) is 30.3 Å². The Morgan fingerprint density at radius 2 is 1.69 bits per heavy atom. The van der Waals surface area contributed by atoms with Gasteiger partial charge in [-0.25, -0.2) is 17.2 Å². The van der Waals surface area contributed by atoms with Crippen LogP contribution in [0.4, 0.5) is 25.8 Å². The Kier molecular flexibility index (Phi) is 4.95. The van der Waals surface area contributed by atoms with Gasteiger partial charge in [0, 0.05) is 29.4 Å². The molecule has 2 heterocycles. The van der Waals surface area contributed by atoms with Gasteiger partial charge in [-0.15, -0.1) is 0 Å². The van der Waals surface area contributed by atoms with Gasteiger partial charge in [0.25, 0.3) is 16.5 Å². The zero-order valence-corrected chi connectivity index (χ0v) is 18.5. The lowest BCUT2D eigenvalue weighted by Gasteiger charge is -2.32. The number of benzene rings is 3. The van der Waals surface area contributed by atoms with Gasteiger partial charge in [-0.1, -0.05) is 30.3 Å². The highest BCUT2D eigenvalue weighted by molar-refractivity contribution is 7.94. The average molecular weight is 499 g/mol. The van der Waals surface area contributed by atoms with Gasteiger partial charge in [-0.3, -0.25) is 24.6 Å². The van der Waals surface area contributed by atoms with Gasteiger partial charge in [0.2, 0.25) is 5.91 Å². The summed E-state index contributed by atoms with van der Waals surface area (Å²) in [7, 11) is -4.64. The van der Waals surface area contributed by atoms with E-state index in [2.05, 4.69) is 0 Å². The molecule has 2 aliphatic heterocycles. The Balaban J connectivity index is 1.81. The molecule has 2 aliphatic rings. The highest BCUT2D eigenvalue weighted by atomic mass is 32.2. The molecule has 0 bridgehead atoms. The smallest absolute Gasteiger partial charge is 0.274 e. The summed E-state index contributed by atoms with van der Waals surface area (Å²) in [6.07, 6.45) is 0. The third-order valence-corrected chi connectivity index (χ3v) is 8.16. The topological polar surface area (TPSA) is 118 Å². The molecule has 2 amide bonds. The number of carbonyl (C=O) groups is 2. The summed E-state index contributed by atoms with van der Waals surface area (Å²) in [4.78, 5) is 36.7. The maximum atomic E-state index is 14.1. The molecule has 1 fully saturated rings. The van der Waals surface area contributed by atoms with E-state index in [4.69, 9.17) is 0 Å². The Hall–Kier alpha value is -4.19. The van der Waals surface area contributed by atoms with Crippen LogP contribution in [0, 0.1) is 21.7 Å². The first-order valence-corrected chi connectivity index (χ1v) is 11.9. The highest BCUT2D eigenvalue weighted by Gasteiger charge is 2.70. The summed E-state index contributed by atoms with van der Waals surface area (Å²) in [5.74, 6) is -5.80. The van der Waals surface area contributed by atoms with E-state index in [0.717, 1.165) is 23.1 Å². The Morgan fingerprint density at radius 3 is 2.34 bits per heavy atom. The number of hydrogen-bond acceptors (Lipinski definition) is 6. The fraction of sp³-hybridized carbons (Fsp3) is 0.130. The molecule has 0 saturated carbocycles. The molecule has 12 heteroatoms. The standard InChI is InChI=1S/C23H15F2N3O6S/c24-18-8-6-15(11-19(18)25)27-21(29)13-35(33,34)23(27)17-10-16(28(31)32)7-9-20(17)26(22(23)30)12-14-4-2-1-3-5-14/h1-11H,12-13H2. The summed E-state index contributed by atoms with van der Waals surface area (Å²) in [6.45, 7) is -0.0957. The number of carbonyl (C=O) groups excluding carboxylic acids is 2. The monoisotopic (exact) mass is 499 g/mol. The van der Waals surface area contributed by atoms with E-state index in [0.29, 0.717) is 22.6 Å². The molecule has 0 N–H and O–H groups in total. The van der Waals surface area contributed by atoms with Crippen molar-refractivity contribution >= 4 is 38.7 Å². The molecular weight excluding hydrogens is 484 g/mol. The first-order chi connectivity index (χ1) is 16.6. The van der Waals surface area contributed by atoms with Crippen LogP contribution < -0.4 is 9.80 Å². The van der Waals surface area contributed by atoms with Crippen molar-refractivity contribution in [3.05, 3.63) is 99.6 Å². The molecule has 3 aromatic carbocycles. The normalized spacial score (nSPS) is 20.5. The van der Waals surface area contributed by atoms with Crippen LogP contribution in [0.3, 0.4) is 0 Å². The molecule has 9 nitrogen and oxygen atoms in total. The fourth-order valence-corrected chi connectivity index (χ4v) is 6.61. The minimum Gasteiger partial charge on any atom is -0.304 e. The number of non-ortho nitro benzene ring substituents is 1. The van der Waals surface area contributed by atoms with Gasteiger partial charge in [0.1, 0.15) is 5.75 Å². The summed E-state index contributed by atoms with van der Waals surface area (Å²) < 4.78 is 54.8. The van der Waals surface area contributed by atoms with Crippen LogP contribution in [0.5, 0.6) is 0 Å². The molecular formula is C23H15F2N3O6S. The largest absolute Gasteiger partial charge is 0.304 e. The second-order valence-electron chi connectivity index (χ2n) is 8.07. The summed E-state index contributed by atoms with van der Waals surface area (Å²) >= 11 is 0. The summed E-state index contributed by atoms with van der Waals surface area (Å²) in [5, 5.41) is 11.5. The van der Waals surface area contributed by atoms with Crippen molar-refractivity contribution in [2.45, 2.75) is 11.4 Å². The van der Waals surface area contributed by atoms with Crippen LogP contribution in [0.25, 0.3) is 0 Å². The van der Waals surface area contributed by atoms with Crippen molar-refractivity contribution in [2.24, 2.45) is 0 Å². The van der Waals surface area contributed by atoms with Crippen molar-refractivity contribution in [2.75, 3.05) is 15.6 Å². The third kappa shape index (κ3) is 3.13. The second kappa shape index (κ2) is 7.67. The van der Waals surface area contributed by atoms with Crippen molar-refractivity contribution < 1.29 is 31.7 Å². The number of halogens is 2. The number of amides is 2. The van der Waals surface area contributed by atoms with E-state index >= 15 is 0 Å². The van der Waals surface area contributed by atoms with E-state index in [-0.39, 0.29) is 23.5 Å². The zero-order valence-electron chi connectivity index (χ0n) is 17.7. The molecule has 1 atom stereocenters. The lowest BCUT2D eigenvalue weighted by atomic mass is 10.0. The maximum absolute atomic E-state index is 14.1. The third-order valence-electron chi connectivity index (χ3n) is 6.05. The van der Waals surface area contributed by atoms with Gasteiger partial charge in [-0.05, 0) is 23.8 Å². The molecule has 5 rings (SSSR count). The lowest BCUT2D eigenvalue weighted by Crippen LogP contribution is -2.54. The predicted octanol–water partition coefficient (Wildman–Crippen LogP) is 3.03. The Bertz CT molecular complexity index is 1530. The van der Waals surface area contributed by atoms with Crippen LogP contribution in [0.2, 0.25) is 0 Å². The van der Waals surface area contributed by atoms with Crippen molar-refractivity contribution in [3.8, 4) is 0 Å². The minimum atomic E-state index is -4.64. The maximum Gasteiger partial charge on any atom is 0.274 e. The van der Waals surface area contributed by atoms with Gasteiger partial charge < -0.3 is 4.90 Å². The number of rotatable bonds is 4. The van der Waals surface area contributed by atoms with Crippen molar-refractivity contribution in [1.82, 2.24) is 0 Å². The fourth-order valence-electron chi connectivity index (χ4n) is 4.59. The van der Waals surface area contributed by atoms with Crippen molar-refractivity contribution in [3.63, 3.8) is 0 Å². The number of nitrogens with zero attached hydrogens (tertiary/aromatic N) is 3. The number of nitro benzene ring substituents is 1. The minimum absolute atomic E-state index is 0.0512. The van der Waals surface area contributed by atoms with E-state index < -0.39 is 54.5 Å². The first-order valence-electron chi connectivity index (χ1n) is 10.2. The SMILES string of the molecule is O=C1CS(=O)(=O)C2(C(=O)N(Cc3ccccc3)c3ccc([N+](=O)[O-])cc32)N1c1ccc(F)c(F)c1.